The molecular formula is C25H23F4N3O5. The summed E-state index contributed by atoms with van der Waals surface area (Å²) in [6.07, 6.45) is -5.36. The Bertz CT molecular complexity index is 1240. The highest BCUT2D eigenvalue weighted by molar-refractivity contribution is 6.07. The van der Waals surface area contributed by atoms with Crippen molar-refractivity contribution in [3.05, 3.63) is 64.7 Å². The van der Waals surface area contributed by atoms with Gasteiger partial charge in [0.15, 0.2) is 0 Å². The first-order chi connectivity index (χ1) is 17.5. The van der Waals surface area contributed by atoms with Gasteiger partial charge in [0.05, 0.1) is 19.4 Å². The number of carbonyl (C=O) groups excluding carboxylic acids is 3. The molecule has 0 aromatic heterocycles. The first-order valence-electron chi connectivity index (χ1n) is 11.3. The van der Waals surface area contributed by atoms with Crippen molar-refractivity contribution in [1.82, 2.24) is 9.80 Å². The Balaban J connectivity index is 1.55. The van der Waals surface area contributed by atoms with Gasteiger partial charge in [0.25, 0.3) is 11.5 Å². The standard InChI is InChI=1S/C25H23F4N3O5/c1-15-11-16(3-8-19(15)23(35)31-13-21(33)32(10-9-26)22(34)14-31)20-12-24(37-30-20,25(27,28)29)17-4-6-18(36-2)7-5-17/h3-8,11H,9-10,12-14H2,1-2H3. The number of imide groups is 1. The van der Waals surface area contributed by atoms with Gasteiger partial charge >= 0.3 is 6.18 Å². The topological polar surface area (TPSA) is 88.5 Å². The van der Waals surface area contributed by atoms with Crippen LogP contribution in [0.5, 0.6) is 5.75 Å². The van der Waals surface area contributed by atoms with Crippen molar-refractivity contribution in [2.45, 2.75) is 25.1 Å². The van der Waals surface area contributed by atoms with Gasteiger partial charge in [-0.05, 0) is 42.3 Å². The van der Waals surface area contributed by atoms with Crippen LogP contribution in [0.2, 0.25) is 0 Å². The Labute approximate surface area is 209 Å². The zero-order valence-corrected chi connectivity index (χ0v) is 20.0. The summed E-state index contributed by atoms with van der Waals surface area (Å²) in [5.41, 5.74) is -1.87. The monoisotopic (exact) mass is 521 g/mol. The molecule has 196 valence electrons. The molecule has 1 unspecified atom stereocenters. The molecule has 2 aliphatic rings. The maximum absolute atomic E-state index is 14.2. The molecule has 1 fully saturated rings. The van der Waals surface area contributed by atoms with E-state index in [1.54, 1.807) is 6.92 Å². The Hall–Kier alpha value is -3.96. The van der Waals surface area contributed by atoms with Crippen molar-refractivity contribution in [3.63, 3.8) is 0 Å². The number of methoxy groups -OCH3 is 1. The number of benzene rings is 2. The van der Waals surface area contributed by atoms with Gasteiger partial charge in [-0.25, -0.2) is 4.39 Å². The third-order valence-corrected chi connectivity index (χ3v) is 6.38. The molecule has 2 aromatic carbocycles. The molecule has 3 amide bonds. The van der Waals surface area contributed by atoms with Crippen LogP contribution in [0.3, 0.4) is 0 Å². The molecule has 0 spiro atoms. The van der Waals surface area contributed by atoms with E-state index in [0.717, 1.165) is 9.80 Å². The van der Waals surface area contributed by atoms with E-state index in [1.165, 1.54) is 49.6 Å². The molecule has 0 N–H and O–H groups in total. The van der Waals surface area contributed by atoms with Crippen molar-refractivity contribution in [2.24, 2.45) is 5.16 Å². The second kappa shape index (κ2) is 9.83. The van der Waals surface area contributed by atoms with Gasteiger partial charge in [0, 0.05) is 17.5 Å². The maximum Gasteiger partial charge on any atom is 0.435 e. The quantitative estimate of drug-likeness (QED) is 0.430. The van der Waals surface area contributed by atoms with Crippen molar-refractivity contribution < 1.29 is 41.5 Å². The average molecular weight is 521 g/mol. The molecule has 37 heavy (non-hydrogen) atoms. The first kappa shape index (κ1) is 26.1. The second-order valence-electron chi connectivity index (χ2n) is 8.68. The van der Waals surface area contributed by atoms with Crippen molar-refractivity contribution in [3.8, 4) is 5.75 Å². The van der Waals surface area contributed by atoms with Crippen molar-refractivity contribution in [2.75, 3.05) is 33.4 Å². The van der Waals surface area contributed by atoms with Crippen LogP contribution in [-0.4, -0.2) is 72.8 Å². The van der Waals surface area contributed by atoms with E-state index in [2.05, 4.69) is 5.16 Å². The summed E-state index contributed by atoms with van der Waals surface area (Å²) < 4.78 is 60.2. The van der Waals surface area contributed by atoms with Crippen molar-refractivity contribution in [1.29, 1.82) is 0 Å². The summed E-state index contributed by atoms with van der Waals surface area (Å²) in [5.74, 6) is -1.58. The van der Waals surface area contributed by atoms with Crippen LogP contribution in [0.1, 0.15) is 33.5 Å². The smallest absolute Gasteiger partial charge is 0.435 e. The molecule has 8 nitrogen and oxygen atoms in total. The fourth-order valence-corrected chi connectivity index (χ4v) is 4.34. The average Bonchev–Trinajstić information content (AvgIpc) is 3.33. The lowest BCUT2D eigenvalue weighted by molar-refractivity contribution is -0.275. The molecule has 0 aliphatic carbocycles. The first-order valence-corrected chi connectivity index (χ1v) is 11.3. The highest BCUT2D eigenvalue weighted by Crippen LogP contribution is 2.49. The number of alkyl halides is 4. The van der Waals surface area contributed by atoms with Crippen molar-refractivity contribution >= 4 is 23.4 Å². The number of hydrogen-bond acceptors (Lipinski definition) is 6. The molecule has 1 saturated heterocycles. The normalized spacial score (nSPS) is 20.1. The number of ether oxygens (including phenoxy) is 1. The van der Waals surface area contributed by atoms with E-state index in [9.17, 15) is 31.9 Å². The van der Waals surface area contributed by atoms with Gasteiger partial charge in [-0.3, -0.25) is 19.3 Å². The number of rotatable bonds is 6. The third kappa shape index (κ3) is 4.75. The molecule has 2 heterocycles. The van der Waals surface area contributed by atoms with Gasteiger partial charge in [0.1, 0.15) is 25.5 Å². The molecule has 12 heteroatoms. The number of aryl methyl sites for hydroxylation is 1. The SMILES string of the molecule is COc1ccc(C2(C(F)(F)F)CC(c3ccc(C(=O)N4CC(=O)N(CCF)C(=O)C4)c(C)c3)=NO2)cc1. The lowest BCUT2D eigenvalue weighted by Crippen LogP contribution is -2.56. The molecule has 1 atom stereocenters. The zero-order chi connectivity index (χ0) is 27.0. The van der Waals surface area contributed by atoms with E-state index in [0.29, 0.717) is 16.9 Å². The fourth-order valence-electron chi connectivity index (χ4n) is 4.34. The van der Waals surface area contributed by atoms with E-state index in [4.69, 9.17) is 9.57 Å². The van der Waals surface area contributed by atoms with Gasteiger partial charge in [-0.15, -0.1) is 0 Å². The van der Waals surface area contributed by atoms with Crippen LogP contribution < -0.4 is 4.74 Å². The minimum atomic E-state index is -4.78. The van der Waals surface area contributed by atoms with E-state index < -0.39 is 42.6 Å². The molecule has 0 radical (unpaired) electrons. The van der Waals surface area contributed by atoms with Crippen LogP contribution in [0.25, 0.3) is 0 Å². The van der Waals surface area contributed by atoms with E-state index in [-0.39, 0.29) is 36.5 Å². The molecule has 2 aliphatic heterocycles. The minimum Gasteiger partial charge on any atom is -0.497 e. The number of oxime groups is 1. The summed E-state index contributed by atoms with van der Waals surface area (Å²) in [6, 6.07) is 9.69. The fraction of sp³-hybridized carbons (Fsp3) is 0.360. The molecular weight excluding hydrogens is 498 g/mol. The largest absolute Gasteiger partial charge is 0.497 e. The summed E-state index contributed by atoms with van der Waals surface area (Å²) in [6.45, 7) is -0.442. The summed E-state index contributed by atoms with van der Waals surface area (Å²) in [4.78, 5) is 44.2. The zero-order valence-electron chi connectivity index (χ0n) is 20.0. The predicted octanol–water partition coefficient (Wildman–Crippen LogP) is 3.37. The van der Waals surface area contributed by atoms with Gasteiger partial charge in [0.2, 0.25) is 11.8 Å². The molecule has 0 bridgehead atoms. The minimum absolute atomic E-state index is 0.0421. The summed E-state index contributed by atoms with van der Waals surface area (Å²) >= 11 is 0. The lowest BCUT2D eigenvalue weighted by atomic mass is 9.86. The van der Waals surface area contributed by atoms with Gasteiger partial charge in [-0.2, -0.15) is 13.2 Å². The van der Waals surface area contributed by atoms with E-state index in [1.807, 2.05) is 0 Å². The molecule has 2 aromatic rings. The van der Waals surface area contributed by atoms with Crippen LogP contribution in [-0.2, 0) is 20.0 Å². The number of amides is 3. The summed E-state index contributed by atoms with van der Waals surface area (Å²) in [5, 5.41) is 3.74. The summed E-state index contributed by atoms with van der Waals surface area (Å²) in [7, 11) is 1.40. The Morgan fingerprint density at radius 2 is 1.76 bits per heavy atom. The third-order valence-electron chi connectivity index (χ3n) is 6.38. The highest BCUT2D eigenvalue weighted by atomic mass is 19.4. The Kier molecular flexibility index (Phi) is 6.94. The molecule has 4 rings (SSSR count). The van der Waals surface area contributed by atoms with Crippen LogP contribution in [0.15, 0.2) is 47.6 Å². The second-order valence-corrected chi connectivity index (χ2v) is 8.68. The van der Waals surface area contributed by atoms with Crippen LogP contribution in [0.4, 0.5) is 17.6 Å². The number of halogens is 4. The van der Waals surface area contributed by atoms with Gasteiger partial charge < -0.3 is 14.5 Å². The van der Waals surface area contributed by atoms with Crippen LogP contribution >= 0.6 is 0 Å². The number of carbonyl (C=O) groups is 3. The van der Waals surface area contributed by atoms with Crippen LogP contribution in [0, 0.1) is 6.92 Å². The Morgan fingerprint density at radius 1 is 1.11 bits per heavy atom. The number of hydrogen-bond donors (Lipinski definition) is 0. The van der Waals surface area contributed by atoms with Gasteiger partial charge in [-0.1, -0.05) is 23.4 Å². The number of nitrogens with zero attached hydrogens (tertiary/aromatic N) is 3. The van der Waals surface area contributed by atoms with E-state index >= 15 is 0 Å². The Morgan fingerprint density at radius 3 is 2.30 bits per heavy atom. The predicted molar refractivity (Wildman–Crippen MR) is 123 cm³/mol. The number of piperazine rings is 1. The lowest BCUT2D eigenvalue weighted by Gasteiger charge is -2.32. The maximum atomic E-state index is 14.2. The molecule has 0 saturated carbocycles. The highest BCUT2D eigenvalue weighted by Gasteiger charge is 2.62.